The molecule has 2 aliphatic carbocycles. The van der Waals surface area contributed by atoms with Gasteiger partial charge in [-0.2, -0.15) is 0 Å². The molecule has 320 valence electrons. The molecule has 1 aliphatic heterocycles. The van der Waals surface area contributed by atoms with Gasteiger partial charge in [0, 0.05) is 68.7 Å². The van der Waals surface area contributed by atoms with Gasteiger partial charge in [-0.1, -0.05) is 183 Å². The Morgan fingerprint density at radius 3 is 1.91 bits per heavy atom. The number of thiophene rings is 1. The molecule has 2 nitrogen and oxygen atoms in total. The van der Waals surface area contributed by atoms with E-state index < -0.39 is 17.5 Å². The standard InChI is InChI=1S/C64H41NOS2/c1-63(2)50-23-8-3-16-40(50)43-32-30-39(37-54(43)63)65(38-31-35-58-49(36-38)45-20-7-13-28-57(45)67-58)55-34-33-48(47-22-15-21-46-44-19-6-12-27-56(44)66-61(46)47)62-60(55)64(53-26-11-14-29-59(53)68-62)51-24-9-4-17-41(51)42-18-5-10-25-52(42)64/h3-37H,1-2H3/i6D,12D,15D,19D,21D,22D,27D. The van der Waals surface area contributed by atoms with Crippen LogP contribution in [0.15, 0.2) is 226 Å². The SMILES string of the molecule is [2H]c1c([2H])c([2H])c2c(oc3c(-c4ccc(N(c5ccc6c(c5)C(C)(C)c5ccccc5-6)c5ccc6sc7ccccc7c6c5)c5c4Sc4ccccc4C54c5ccccc5-c5ccccc54)c([2H])c([2H])c([2H])c32)c1[2H]. The van der Waals surface area contributed by atoms with Crippen molar-refractivity contribution in [2.45, 2.75) is 34.5 Å². The zero-order valence-electron chi connectivity index (χ0n) is 43.8. The van der Waals surface area contributed by atoms with Gasteiger partial charge in [0.05, 0.1) is 20.7 Å². The molecule has 2 aromatic heterocycles. The quantitative estimate of drug-likeness (QED) is 0.175. The minimum Gasteiger partial charge on any atom is -0.455 e. The summed E-state index contributed by atoms with van der Waals surface area (Å²) >= 11 is 3.39. The van der Waals surface area contributed by atoms with Gasteiger partial charge in [-0.15, -0.1) is 11.3 Å². The second-order valence-corrected chi connectivity index (χ2v) is 20.7. The molecule has 0 saturated carbocycles. The number of fused-ring (bicyclic) bond motifs is 18. The lowest BCUT2D eigenvalue weighted by Gasteiger charge is -2.43. The Labute approximate surface area is 412 Å². The lowest BCUT2D eigenvalue weighted by molar-refractivity contribution is 0.660. The first kappa shape index (κ1) is 32.1. The number of furan rings is 1. The van der Waals surface area contributed by atoms with E-state index in [0.717, 1.165) is 65.6 Å². The molecule has 3 aliphatic rings. The predicted octanol–water partition coefficient (Wildman–Crippen LogP) is 18.2. The lowest BCUT2D eigenvalue weighted by atomic mass is 9.66. The van der Waals surface area contributed by atoms with Gasteiger partial charge in [-0.05, 0) is 110 Å². The first-order valence-corrected chi connectivity index (χ1v) is 24.6. The van der Waals surface area contributed by atoms with Crippen LogP contribution in [0.1, 0.15) is 56.8 Å². The van der Waals surface area contributed by atoms with Crippen molar-refractivity contribution in [3.05, 3.63) is 246 Å². The summed E-state index contributed by atoms with van der Waals surface area (Å²) in [7, 11) is 0. The maximum Gasteiger partial charge on any atom is 0.143 e. The van der Waals surface area contributed by atoms with Crippen molar-refractivity contribution < 1.29 is 14.0 Å². The summed E-state index contributed by atoms with van der Waals surface area (Å²) in [4.78, 5) is 4.25. The van der Waals surface area contributed by atoms with Crippen LogP contribution in [0.4, 0.5) is 17.1 Å². The van der Waals surface area contributed by atoms with E-state index in [1.165, 1.54) is 37.0 Å². The normalized spacial score (nSPS) is 15.9. The monoisotopic (exact) mass is 910 g/mol. The molecule has 15 rings (SSSR count). The van der Waals surface area contributed by atoms with Gasteiger partial charge in [0.2, 0.25) is 0 Å². The molecule has 0 unspecified atom stereocenters. The van der Waals surface area contributed by atoms with Crippen LogP contribution >= 0.6 is 23.1 Å². The molecule has 10 aromatic carbocycles. The second kappa shape index (κ2) is 14.0. The first-order valence-electron chi connectivity index (χ1n) is 26.4. The van der Waals surface area contributed by atoms with E-state index in [4.69, 9.17) is 9.90 Å². The molecule has 0 atom stereocenters. The van der Waals surface area contributed by atoms with Gasteiger partial charge < -0.3 is 9.32 Å². The van der Waals surface area contributed by atoms with Crippen molar-refractivity contribution in [2.24, 2.45) is 0 Å². The fourth-order valence-corrected chi connectivity index (χ4v) is 14.4. The Hall–Kier alpha value is -7.63. The number of nitrogens with zero attached hydrogens (tertiary/aromatic N) is 1. The number of anilines is 3. The number of hydrogen-bond acceptors (Lipinski definition) is 4. The topological polar surface area (TPSA) is 16.4 Å². The highest BCUT2D eigenvalue weighted by Gasteiger charge is 2.52. The van der Waals surface area contributed by atoms with Crippen molar-refractivity contribution in [1.29, 1.82) is 0 Å². The smallest absolute Gasteiger partial charge is 0.143 e. The van der Waals surface area contributed by atoms with Gasteiger partial charge in [0.25, 0.3) is 0 Å². The average molecular weight is 911 g/mol. The molecule has 0 saturated heterocycles. The van der Waals surface area contributed by atoms with Crippen molar-refractivity contribution in [3.8, 4) is 33.4 Å². The minimum atomic E-state index is -0.948. The molecular formula is C64H41NOS2. The van der Waals surface area contributed by atoms with E-state index in [1.807, 2.05) is 6.07 Å². The van der Waals surface area contributed by atoms with Crippen LogP contribution in [0, 0.1) is 0 Å². The Balaban J connectivity index is 1.12. The molecule has 0 N–H and O–H groups in total. The molecule has 0 fully saturated rings. The highest BCUT2D eigenvalue weighted by molar-refractivity contribution is 7.99. The van der Waals surface area contributed by atoms with E-state index in [0.29, 0.717) is 5.56 Å². The molecule has 1 spiro atoms. The third-order valence-electron chi connectivity index (χ3n) is 14.9. The second-order valence-electron chi connectivity index (χ2n) is 18.6. The molecular weight excluding hydrogens is 863 g/mol. The van der Waals surface area contributed by atoms with Crippen LogP contribution in [0.2, 0.25) is 0 Å². The number of hydrogen-bond donors (Lipinski definition) is 0. The Morgan fingerprint density at radius 1 is 0.471 bits per heavy atom. The van der Waals surface area contributed by atoms with Crippen LogP contribution in [0.25, 0.3) is 75.5 Å². The van der Waals surface area contributed by atoms with E-state index in [2.05, 4.69) is 183 Å². The molecule has 4 heteroatoms. The Morgan fingerprint density at radius 2 is 1.09 bits per heavy atom. The maximum absolute atomic E-state index is 9.86. The van der Waals surface area contributed by atoms with Crippen LogP contribution in [0.3, 0.4) is 0 Å². The zero-order chi connectivity index (χ0) is 51.0. The summed E-state index contributed by atoms with van der Waals surface area (Å²) in [6.07, 6.45) is 0. The van der Waals surface area contributed by atoms with E-state index >= 15 is 0 Å². The lowest BCUT2D eigenvalue weighted by Crippen LogP contribution is -2.34. The molecule has 68 heavy (non-hydrogen) atoms. The molecule has 0 amide bonds. The van der Waals surface area contributed by atoms with Crippen molar-refractivity contribution in [3.63, 3.8) is 0 Å². The Kier molecular flexibility index (Phi) is 6.60. The minimum absolute atomic E-state index is 0.0264. The highest BCUT2D eigenvalue weighted by Crippen LogP contribution is 2.66. The average Bonchev–Trinajstić information content (AvgIpc) is 4.19. The first-order chi connectivity index (χ1) is 36.4. The van der Waals surface area contributed by atoms with Crippen LogP contribution < -0.4 is 4.90 Å². The molecule has 3 heterocycles. The van der Waals surface area contributed by atoms with Gasteiger partial charge in [0.15, 0.2) is 0 Å². The van der Waals surface area contributed by atoms with E-state index in [9.17, 15) is 4.11 Å². The van der Waals surface area contributed by atoms with E-state index in [-0.39, 0.29) is 63.1 Å². The van der Waals surface area contributed by atoms with Gasteiger partial charge in [-0.25, -0.2) is 0 Å². The van der Waals surface area contributed by atoms with Crippen molar-refractivity contribution in [2.75, 3.05) is 4.90 Å². The number of para-hydroxylation sites is 2. The summed E-state index contributed by atoms with van der Waals surface area (Å²) in [5.74, 6) is 0. The summed E-state index contributed by atoms with van der Waals surface area (Å²) in [6, 6.07) is 58.5. The van der Waals surface area contributed by atoms with Crippen LogP contribution in [0.5, 0.6) is 0 Å². The molecule has 0 bridgehead atoms. The third-order valence-corrected chi connectivity index (χ3v) is 17.2. The Bertz CT molecular complexity index is 4510. The van der Waals surface area contributed by atoms with E-state index in [1.54, 1.807) is 23.1 Å². The summed E-state index contributed by atoms with van der Waals surface area (Å²) in [6.45, 7) is 4.62. The summed E-state index contributed by atoms with van der Waals surface area (Å²) in [5, 5.41) is 2.45. The van der Waals surface area contributed by atoms with Crippen LogP contribution in [-0.4, -0.2) is 0 Å². The summed E-state index contributed by atoms with van der Waals surface area (Å²) < 4.78 is 72.9. The third kappa shape index (κ3) is 5.03. The van der Waals surface area contributed by atoms with Gasteiger partial charge in [-0.3, -0.25) is 0 Å². The highest BCUT2D eigenvalue weighted by atomic mass is 32.2. The van der Waals surface area contributed by atoms with Gasteiger partial charge >= 0.3 is 0 Å². The predicted molar refractivity (Wildman–Crippen MR) is 286 cm³/mol. The number of benzene rings is 10. The summed E-state index contributed by atoms with van der Waals surface area (Å²) in [5.41, 5.74) is 13.9. The van der Waals surface area contributed by atoms with Crippen molar-refractivity contribution in [1.82, 2.24) is 0 Å². The van der Waals surface area contributed by atoms with Gasteiger partial charge in [0.1, 0.15) is 11.2 Å². The maximum atomic E-state index is 9.86. The number of rotatable bonds is 4. The molecule has 0 radical (unpaired) electrons. The largest absolute Gasteiger partial charge is 0.455 e. The van der Waals surface area contributed by atoms with Crippen molar-refractivity contribution >= 4 is 82.3 Å². The fourth-order valence-electron chi connectivity index (χ4n) is 12.0. The molecule has 12 aromatic rings. The van der Waals surface area contributed by atoms with Crippen LogP contribution in [-0.2, 0) is 10.8 Å². The zero-order valence-corrected chi connectivity index (χ0v) is 38.5. The fraction of sp³-hybridized carbons (Fsp3) is 0.0625.